The second-order valence-corrected chi connectivity index (χ2v) is 4.76. The van der Waals surface area contributed by atoms with Crippen LogP contribution in [0.4, 0.5) is 0 Å². The van der Waals surface area contributed by atoms with Gasteiger partial charge in [-0.3, -0.25) is 0 Å². The summed E-state index contributed by atoms with van der Waals surface area (Å²) >= 11 is 0. The zero-order chi connectivity index (χ0) is 14.4. The molecule has 0 aromatic heterocycles. The Morgan fingerprint density at radius 1 is 0.750 bits per heavy atom. The summed E-state index contributed by atoms with van der Waals surface area (Å²) in [7, 11) is 1.70. The molecule has 0 N–H and O–H groups in total. The minimum absolute atomic E-state index is 0.905. The predicted molar refractivity (Wildman–Crippen MR) is 86.8 cm³/mol. The Morgan fingerprint density at radius 3 is 1.70 bits per heavy atom. The molecule has 1 nitrogen and oxygen atoms in total. The molecule has 104 valence electrons. The Hall–Kier alpha value is -2.02. The predicted octanol–water partition coefficient (Wildman–Crippen LogP) is 5.43. The summed E-state index contributed by atoms with van der Waals surface area (Å²) < 4.78 is 5.24. The van der Waals surface area contributed by atoms with Gasteiger partial charge < -0.3 is 4.74 Å². The molecule has 20 heavy (non-hydrogen) atoms. The highest BCUT2D eigenvalue weighted by molar-refractivity contribution is 5.90. The molecule has 2 aromatic rings. The van der Waals surface area contributed by atoms with Crippen LogP contribution in [0.15, 0.2) is 54.6 Å². The van der Waals surface area contributed by atoms with Crippen molar-refractivity contribution in [2.45, 2.75) is 26.7 Å². The molecule has 0 saturated heterocycles. The highest BCUT2D eigenvalue weighted by Gasteiger charge is 2.08. The van der Waals surface area contributed by atoms with Crippen molar-refractivity contribution in [3.05, 3.63) is 65.7 Å². The van der Waals surface area contributed by atoms with Gasteiger partial charge in [-0.2, -0.15) is 0 Å². The maximum atomic E-state index is 5.24. The molecular weight excluding hydrogens is 244 g/mol. The number of allylic oxidation sites excluding steroid dienone is 2. The second-order valence-electron chi connectivity index (χ2n) is 4.76. The molecule has 0 saturated carbocycles. The van der Waals surface area contributed by atoms with Crippen molar-refractivity contribution in [2.75, 3.05) is 7.11 Å². The van der Waals surface area contributed by atoms with E-state index in [1.54, 1.807) is 7.11 Å². The van der Waals surface area contributed by atoms with Gasteiger partial charge in [0.15, 0.2) is 0 Å². The van der Waals surface area contributed by atoms with E-state index in [1.807, 2.05) is 12.1 Å². The number of ether oxygens (including phenoxy) is 1. The smallest absolute Gasteiger partial charge is 0.118 e. The molecule has 0 unspecified atom stereocenters. The fourth-order valence-electron chi connectivity index (χ4n) is 2.62. The van der Waals surface area contributed by atoms with E-state index in [1.165, 1.54) is 22.3 Å². The van der Waals surface area contributed by atoms with Gasteiger partial charge in [0.25, 0.3) is 0 Å². The van der Waals surface area contributed by atoms with Crippen molar-refractivity contribution in [1.82, 2.24) is 0 Å². The van der Waals surface area contributed by atoms with Crippen molar-refractivity contribution < 1.29 is 4.74 Å². The Labute approximate surface area is 121 Å². The van der Waals surface area contributed by atoms with E-state index in [-0.39, 0.29) is 0 Å². The SMILES string of the molecule is CC/C(=C(/CC)c1ccc(OC)cc1)c1ccccc1. The molecule has 0 aliphatic carbocycles. The fourth-order valence-corrected chi connectivity index (χ4v) is 2.62. The summed E-state index contributed by atoms with van der Waals surface area (Å²) in [5.41, 5.74) is 5.45. The Balaban J connectivity index is 2.48. The van der Waals surface area contributed by atoms with Crippen LogP contribution in [0.25, 0.3) is 11.1 Å². The summed E-state index contributed by atoms with van der Waals surface area (Å²) in [6.07, 6.45) is 2.07. The van der Waals surface area contributed by atoms with Crippen molar-refractivity contribution in [3.8, 4) is 5.75 Å². The van der Waals surface area contributed by atoms with Crippen LogP contribution in [0.1, 0.15) is 37.8 Å². The lowest BCUT2D eigenvalue weighted by Gasteiger charge is -2.14. The van der Waals surface area contributed by atoms with E-state index >= 15 is 0 Å². The molecule has 0 heterocycles. The van der Waals surface area contributed by atoms with Crippen LogP contribution < -0.4 is 4.74 Å². The van der Waals surface area contributed by atoms with Crippen LogP contribution in [0.3, 0.4) is 0 Å². The van der Waals surface area contributed by atoms with Crippen LogP contribution in [-0.4, -0.2) is 7.11 Å². The first-order valence-electron chi connectivity index (χ1n) is 7.22. The molecule has 1 heteroatoms. The van der Waals surface area contributed by atoms with E-state index in [0.29, 0.717) is 0 Å². The zero-order valence-electron chi connectivity index (χ0n) is 12.5. The molecule has 0 spiro atoms. The maximum absolute atomic E-state index is 5.24. The third-order valence-electron chi connectivity index (χ3n) is 3.63. The van der Waals surface area contributed by atoms with Gasteiger partial charge in [0.05, 0.1) is 7.11 Å². The molecule has 0 atom stereocenters. The summed E-state index contributed by atoms with van der Waals surface area (Å²) in [5.74, 6) is 0.905. The lowest BCUT2D eigenvalue weighted by atomic mass is 9.91. The quantitative estimate of drug-likeness (QED) is 0.656. The first kappa shape index (κ1) is 14.4. The highest BCUT2D eigenvalue weighted by atomic mass is 16.5. The third kappa shape index (κ3) is 3.11. The molecule has 0 aliphatic rings. The minimum Gasteiger partial charge on any atom is -0.497 e. The van der Waals surface area contributed by atoms with Crippen LogP contribution in [0.5, 0.6) is 5.75 Å². The highest BCUT2D eigenvalue weighted by Crippen LogP contribution is 2.31. The molecule has 2 aromatic carbocycles. The lowest BCUT2D eigenvalue weighted by Crippen LogP contribution is -1.92. The number of benzene rings is 2. The number of methoxy groups -OCH3 is 1. The number of hydrogen-bond acceptors (Lipinski definition) is 1. The number of hydrogen-bond donors (Lipinski definition) is 0. The normalized spacial score (nSPS) is 11.9. The van der Waals surface area contributed by atoms with Crippen molar-refractivity contribution in [3.63, 3.8) is 0 Å². The monoisotopic (exact) mass is 266 g/mol. The summed E-state index contributed by atoms with van der Waals surface area (Å²) in [5, 5.41) is 0. The summed E-state index contributed by atoms with van der Waals surface area (Å²) in [6, 6.07) is 19.0. The van der Waals surface area contributed by atoms with E-state index in [2.05, 4.69) is 56.3 Å². The minimum atomic E-state index is 0.905. The molecule has 0 amide bonds. The van der Waals surface area contributed by atoms with Gasteiger partial charge in [0, 0.05) is 0 Å². The maximum Gasteiger partial charge on any atom is 0.118 e. The van der Waals surface area contributed by atoms with E-state index in [0.717, 1.165) is 18.6 Å². The first-order chi connectivity index (χ1) is 9.80. The summed E-state index contributed by atoms with van der Waals surface area (Å²) in [6.45, 7) is 4.44. The Bertz CT molecular complexity index is 564. The Kier molecular flexibility index (Phi) is 5.00. The third-order valence-corrected chi connectivity index (χ3v) is 3.63. The van der Waals surface area contributed by atoms with Gasteiger partial charge >= 0.3 is 0 Å². The first-order valence-corrected chi connectivity index (χ1v) is 7.22. The standard InChI is InChI=1S/C19H22O/c1-4-18(15-9-7-6-8-10-15)19(5-2)16-11-13-17(20-3)14-12-16/h6-14H,4-5H2,1-3H3/b19-18+. The van der Waals surface area contributed by atoms with Crippen molar-refractivity contribution in [1.29, 1.82) is 0 Å². The van der Waals surface area contributed by atoms with Gasteiger partial charge in [-0.05, 0) is 47.2 Å². The molecular formula is C19H22O. The second kappa shape index (κ2) is 6.95. The van der Waals surface area contributed by atoms with Crippen molar-refractivity contribution in [2.24, 2.45) is 0 Å². The van der Waals surface area contributed by atoms with Gasteiger partial charge in [-0.15, -0.1) is 0 Å². The average Bonchev–Trinajstić information content (AvgIpc) is 2.53. The number of rotatable bonds is 5. The molecule has 0 aliphatic heterocycles. The zero-order valence-corrected chi connectivity index (χ0v) is 12.5. The van der Waals surface area contributed by atoms with Gasteiger partial charge in [-0.25, -0.2) is 0 Å². The van der Waals surface area contributed by atoms with Crippen LogP contribution in [0.2, 0.25) is 0 Å². The van der Waals surface area contributed by atoms with Crippen molar-refractivity contribution >= 4 is 11.1 Å². The van der Waals surface area contributed by atoms with Gasteiger partial charge in [0.1, 0.15) is 5.75 Å². The lowest BCUT2D eigenvalue weighted by molar-refractivity contribution is 0.415. The topological polar surface area (TPSA) is 9.23 Å². The van der Waals surface area contributed by atoms with E-state index in [4.69, 9.17) is 4.74 Å². The average molecular weight is 266 g/mol. The van der Waals surface area contributed by atoms with E-state index in [9.17, 15) is 0 Å². The summed E-state index contributed by atoms with van der Waals surface area (Å²) in [4.78, 5) is 0. The molecule has 2 rings (SSSR count). The van der Waals surface area contributed by atoms with Crippen LogP contribution in [0, 0.1) is 0 Å². The fraction of sp³-hybridized carbons (Fsp3) is 0.263. The van der Waals surface area contributed by atoms with Crippen LogP contribution in [-0.2, 0) is 0 Å². The van der Waals surface area contributed by atoms with Gasteiger partial charge in [0.2, 0.25) is 0 Å². The van der Waals surface area contributed by atoms with Gasteiger partial charge in [-0.1, -0.05) is 56.3 Å². The molecule has 0 radical (unpaired) electrons. The van der Waals surface area contributed by atoms with Crippen LogP contribution >= 0.6 is 0 Å². The molecule has 0 bridgehead atoms. The van der Waals surface area contributed by atoms with E-state index < -0.39 is 0 Å². The Morgan fingerprint density at radius 2 is 1.25 bits per heavy atom. The largest absolute Gasteiger partial charge is 0.497 e. The molecule has 0 fully saturated rings.